The summed E-state index contributed by atoms with van der Waals surface area (Å²) < 4.78 is 68.8. The molecule has 0 aliphatic carbocycles. The average Bonchev–Trinajstić information content (AvgIpc) is 3.35. The summed E-state index contributed by atoms with van der Waals surface area (Å²) in [6, 6.07) is 6.47. The molecule has 4 heterocycles. The number of phosphoric ester groups is 1. The summed E-state index contributed by atoms with van der Waals surface area (Å²) in [5.74, 6) is 0.741. The summed E-state index contributed by atoms with van der Waals surface area (Å²) in [5.41, 5.74) is 8.95. The molecular formula is C24H25F3N5O7P. The Morgan fingerprint density at radius 3 is 2.70 bits per heavy atom. The number of allylic oxidation sites excluding steroid dienone is 2. The summed E-state index contributed by atoms with van der Waals surface area (Å²) in [7, 11) is -4.67. The lowest BCUT2D eigenvalue weighted by atomic mass is 10.1. The molecule has 12 nitrogen and oxygen atoms in total. The first kappa shape index (κ1) is 29.2. The topological polar surface area (TPSA) is 166 Å². The van der Waals surface area contributed by atoms with E-state index in [2.05, 4.69) is 19.6 Å². The first-order chi connectivity index (χ1) is 18.9. The average molecular weight is 583 g/mol. The first-order valence-corrected chi connectivity index (χ1v) is 13.2. The number of ether oxygens (including phenoxy) is 2. The molecule has 0 saturated heterocycles. The van der Waals surface area contributed by atoms with Crippen molar-refractivity contribution < 1.29 is 46.0 Å². The van der Waals surface area contributed by atoms with Crippen LogP contribution < -0.4 is 15.2 Å². The maximum Gasteiger partial charge on any atom is 0.471 e. The molecule has 16 heteroatoms. The fraction of sp³-hybridized carbons (Fsp3) is 0.292. The van der Waals surface area contributed by atoms with E-state index in [4.69, 9.17) is 29.5 Å². The highest BCUT2D eigenvalue weighted by Gasteiger charge is 2.29. The Kier molecular flexibility index (Phi) is 8.91. The third-order valence-electron chi connectivity index (χ3n) is 5.64. The van der Waals surface area contributed by atoms with Crippen LogP contribution in [0.25, 0.3) is 5.57 Å². The van der Waals surface area contributed by atoms with E-state index < -0.39 is 33.5 Å². The SMILES string of the molecule is Cc1c(OCC(F)(F)F)ccnc1COc1ccc(Cc2cc(C3=CC=CN(COP(=O)(O)O)C3N)on2)cn1. The number of hydrogen-bond donors (Lipinski definition) is 3. The Bertz CT molecular complexity index is 1420. The van der Waals surface area contributed by atoms with Gasteiger partial charge in [-0.1, -0.05) is 17.3 Å². The number of hydrogen-bond acceptors (Lipinski definition) is 10. The second-order valence-electron chi connectivity index (χ2n) is 8.61. The fourth-order valence-electron chi connectivity index (χ4n) is 3.62. The van der Waals surface area contributed by atoms with Gasteiger partial charge in [0.25, 0.3) is 0 Å². The minimum Gasteiger partial charge on any atom is -0.484 e. The zero-order chi connectivity index (χ0) is 28.9. The maximum atomic E-state index is 12.5. The van der Waals surface area contributed by atoms with E-state index in [1.165, 1.54) is 23.4 Å². The van der Waals surface area contributed by atoms with Gasteiger partial charge >= 0.3 is 14.0 Å². The van der Waals surface area contributed by atoms with Crippen molar-refractivity contribution >= 4 is 13.4 Å². The third-order valence-corrected chi connectivity index (χ3v) is 6.09. The first-order valence-electron chi connectivity index (χ1n) is 11.7. The minimum atomic E-state index is -4.67. The van der Waals surface area contributed by atoms with Crippen LogP contribution in [0.3, 0.4) is 0 Å². The van der Waals surface area contributed by atoms with Crippen LogP contribution >= 0.6 is 7.82 Å². The number of phosphoric acid groups is 1. The van der Waals surface area contributed by atoms with Crippen LogP contribution in [-0.4, -0.2) is 55.5 Å². The number of nitrogens with zero attached hydrogens (tertiary/aromatic N) is 4. The molecule has 214 valence electrons. The zero-order valence-corrected chi connectivity index (χ0v) is 21.9. The number of pyridine rings is 2. The highest BCUT2D eigenvalue weighted by atomic mass is 31.2. The molecule has 3 aromatic heterocycles. The highest BCUT2D eigenvalue weighted by molar-refractivity contribution is 7.46. The van der Waals surface area contributed by atoms with Gasteiger partial charge in [0, 0.05) is 48.3 Å². The van der Waals surface area contributed by atoms with Crippen molar-refractivity contribution in [2.45, 2.75) is 32.3 Å². The monoisotopic (exact) mass is 583 g/mol. The van der Waals surface area contributed by atoms with Crippen molar-refractivity contribution in [3.63, 3.8) is 0 Å². The summed E-state index contributed by atoms with van der Waals surface area (Å²) in [5, 5.41) is 4.06. The molecule has 0 bridgehead atoms. The van der Waals surface area contributed by atoms with Gasteiger partial charge in [0.05, 0.1) is 11.4 Å². The van der Waals surface area contributed by atoms with Crippen molar-refractivity contribution in [2.75, 3.05) is 13.3 Å². The van der Waals surface area contributed by atoms with Gasteiger partial charge in [0.1, 0.15) is 25.3 Å². The minimum absolute atomic E-state index is 0.0198. The van der Waals surface area contributed by atoms with Gasteiger partial charge in [-0.2, -0.15) is 13.2 Å². The molecule has 1 aliphatic heterocycles. The van der Waals surface area contributed by atoms with Crippen LogP contribution in [0.1, 0.15) is 28.3 Å². The van der Waals surface area contributed by atoms with E-state index in [-0.39, 0.29) is 18.2 Å². The Morgan fingerprint density at radius 1 is 1.20 bits per heavy atom. The van der Waals surface area contributed by atoms with Gasteiger partial charge in [-0.25, -0.2) is 9.55 Å². The van der Waals surface area contributed by atoms with E-state index in [0.717, 1.165) is 5.56 Å². The smallest absolute Gasteiger partial charge is 0.471 e. The molecule has 4 N–H and O–H groups in total. The Labute approximate surface area is 226 Å². The van der Waals surface area contributed by atoms with Crippen molar-refractivity contribution in [1.82, 2.24) is 20.0 Å². The Balaban J connectivity index is 1.33. The predicted molar refractivity (Wildman–Crippen MR) is 133 cm³/mol. The standard InChI is InChI=1S/C24H25F3N5O7P/c1-15-19(29-7-6-20(15)37-13-24(25,26)27)12-36-22-5-4-16(11-30-22)9-17-10-21(39-31-17)18-3-2-8-32(23(18)28)14-38-40(33,34)35/h2-8,10-11,23H,9,12-14,28H2,1H3,(H2,33,34,35). The van der Waals surface area contributed by atoms with Crippen LogP contribution in [0.4, 0.5) is 13.2 Å². The van der Waals surface area contributed by atoms with Crippen molar-refractivity contribution in [3.8, 4) is 11.6 Å². The van der Waals surface area contributed by atoms with Crippen molar-refractivity contribution in [3.05, 3.63) is 83.3 Å². The molecule has 4 rings (SSSR count). The second-order valence-corrected chi connectivity index (χ2v) is 9.85. The van der Waals surface area contributed by atoms with Crippen LogP contribution in [0.5, 0.6) is 11.6 Å². The van der Waals surface area contributed by atoms with E-state index >= 15 is 0 Å². The fourth-order valence-corrected chi connectivity index (χ4v) is 3.91. The van der Waals surface area contributed by atoms with Crippen LogP contribution in [0.2, 0.25) is 0 Å². The molecule has 0 fully saturated rings. The van der Waals surface area contributed by atoms with E-state index in [1.54, 1.807) is 43.5 Å². The summed E-state index contributed by atoms with van der Waals surface area (Å²) in [4.78, 5) is 27.6. The van der Waals surface area contributed by atoms with Crippen LogP contribution in [-0.2, 0) is 22.1 Å². The third kappa shape index (κ3) is 8.13. The molecule has 3 aromatic rings. The van der Waals surface area contributed by atoms with Crippen LogP contribution in [0, 0.1) is 6.92 Å². The molecule has 0 spiro atoms. The largest absolute Gasteiger partial charge is 0.484 e. The Hall–Kier alpha value is -3.75. The molecule has 0 radical (unpaired) electrons. The van der Waals surface area contributed by atoms with E-state index in [1.807, 2.05) is 0 Å². The summed E-state index contributed by atoms with van der Waals surface area (Å²) >= 11 is 0. The Morgan fingerprint density at radius 2 is 2.00 bits per heavy atom. The molecule has 1 atom stereocenters. The summed E-state index contributed by atoms with van der Waals surface area (Å²) in [6.45, 7) is -0.246. The maximum absolute atomic E-state index is 12.5. The molecule has 1 unspecified atom stereocenters. The highest BCUT2D eigenvalue weighted by Crippen LogP contribution is 2.36. The zero-order valence-electron chi connectivity index (χ0n) is 21.0. The molecule has 40 heavy (non-hydrogen) atoms. The van der Waals surface area contributed by atoms with Gasteiger partial charge in [-0.05, 0) is 24.6 Å². The quantitative estimate of drug-likeness (QED) is 0.282. The lowest BCUT2D eigenvalue weighted by Gasteiger charge is -2.30. The van der Waals surface area contributed by atoms with Gasteiger partial charge in [-0.3, -0.25) is 9.51 Å². The number of alkyl halides is 3. The van der Waals surface area contributed by atoms with Gasteiger partial charge in [0.15, 0.2) is 12.4 Å². The molecule has 0 amide bonds. The second kappa shape index (κ2) is 12.2. The normalized spacial score (nSPS) is 15.7. The van der Waals surface area contributed by atoms with Crippen LogP contribution in [0.15, 0.2) is 59.5 Å². The van der Waals surface area contributed by atoms with Crippen molar-refractivity contribution in [1.29, 1.82) is 0 Å². The molecular weight excluding hydrogens is 558 g/mol. The molecule has 0 saturated carbocycles. The molecule has 0 aromatic carbocycles. The van der Waals surface area contributed by atoms with Gasteiger partial charge in [0.2, 0.25) is 5.88 Å². The van der Waals surface area contributed by atoms with Gasteiger partial charge in [-0.15, -0.1) is 0 Å². The number of halogens is 3. The van der Waals surface area contributed by atoms with E-state index in [9.17, 15) is 17.7 Å². The number of aromatic nitrogens is 3. The van der Waals surface area contributed by atoms with E-state index in [0.29, 0.717) is 34.7 Å². The van der Waals surface area contributed by atoms with Crippen molar-refractivity contribution in [2.24, 2.45) is 5.73 Å². The lowest BCUT2D eigenvalue weighted by molar-refractivity contribution is -0.153. The number of rotatable bonds is 11. The van der Waals surface area contributed by atoms with Gasteiger partial charge < -0.3 is 34.4 Å². The lowest BCUT2D eigenvalue weighted by Crippen LogP contribution is -2.41. The predicted octanol–water partition coefficient (Wildman–Crippen LogP) is 3.45. The molecule has 1 aliphatic rings. The number of nitrogens with two attached hydrogens (primary N) is 1. The summed E-state index contributed by atoms with van der Waals surface area (Å²) in [6.07, 6.45) is 2.94.